The Balaban J connectivity index is 2.10. The summed E-state index contributed by atoms with van der Waals surface area (Å²) in [5.41, 5.74) is 6.57. The van der Waals surface area contributed by atoms with Crippen LogP contribution in [-0.4, -0.2) is 31.9 Å². The van der Waals surface area contributed by atoms with Crippen molar-refractivity contribution < 1.29 is 13.2 Å². The predicted molar refractivity (Wildman–Crippen MR) is 77.8 cm³/mol. The van der Waals surface area contributed by atoms with E-state index in [1.165, 1.54) is 0 Å². The molecule has 1 aromatic carbocycles. The number of sulfone groups is 1. The molecule has 2 unspecified atom stereocenters. The van der Waals surface area contributed by atoms with E-state index in [2.05, 4.69) is 5.32 Å². The van der Waals surface area contributed by atoms with E-state index in [4.69, 9.17) is 5.73 Å². The molecule has 3 N–H and O–H groups in total. The molecule has 0 bridgehead atoms. The number of amides is 1. The van der Waals surface area contributed by atoms with Gasteiger partial charge in [0.2, 0.25) is 5.91 Å². The summed E-state index contributed by atoms with van der Waals surface area (Å²) in [4.78, 5) is 12.2. The maximum absolute atomic E-state index is 12.2. The molecule has 1 aromatic rings. The largest absolute Gasteiger partial charge is 0.347 e. The average Bonchev–Trinajstić information content (AvgIpc) is 2.45. The first-order valence-electron chi connectivity index (χ1n) is 6.81. The third-order valence-corrected chi connectivity index (χ3v) is 5.80. The van der Waals surface area contributed by atoms with Crippen molar-refractivity contribution in [2.45, 2.75) is 30.6 Å². The van der Waals surface area contributed by atoms with E-state index in [0.29, 0.717) is 12.8 Å². The Morgan fingerprint density at radius 2 is 2.00 bits per heavy atom. The van der Waals surface area contributed by atoms with E-state index in [1.54, 1.807) is 0 Å². The maximum atomic E-state index is 12.2. The fourth-order valence-corrected chi connectivity index (χ4v) is 4.29. The molecule has 1 heterocycles. The highest BCUT2D eigenvalue weighted by molar-refractivity contribution is 7.92. The van der Waals surface area contributed by atoms with Crippen molar-refractivity contribution in [2.24, 2.45) is 5.73 Å². The molecule has 1 saturated heterocycles. The lowest BCUT2D eigenvalue weighted by atomic mass is 10.1. The van der Waals surface area contributed by atoms with Gasteiger partial charge in [-0.05, 0) is 18.4 Å². The first-order chi connectivity index (χ1) is 9.54. The number of nitrogens with one attached hydrogen (secondary N) is 1. The molecule has 2 rings (SSSR count). The SMILES string of the molecule is NCC(NC(=O)C1CCCCS1(=O)=O)c1ccccc1. The molecule has 110 valence electrons. The van der Waals surface area contributed by atoms with Crippen LogP contribution in [0.4, 0.5) is 0 Å². The molecule has 0 radical (unpaired) electrons. The molecular weight excluding hydrogens is 276 g/mol. The Morgan fingerprint density at radius 3 is 2.60 bits per heavy atom. The second-order valence-corrected chi connectivity index (χ2v) is 7.36. The van der Waals surface area contributed by atoms with E-state index in [1.807, 2.05) is 30.3 Å². The van der Waals surface area contributed by atoms with Crippen LogP contribution in [0.15, 0.2) is 30.3 Å². The molecule has 0 aliphatic carbocycles. The Kier molecular flexibility index (Phi) is 4.77. The van der Waals surface area contributed by atoms with Gasteiger partial charge in [0.15, 0.2) is 9.84 Å². The zero-order chi connectivity index (χ0) is 14.6. The lowest BCUT2D eigenvalue weighted by Crippen LogP contribution is -2.45. The van der Waals surface area contributed by atoms with Crippen LogP contribution in [0.1, 0.15) is 30.9 Å². The maximum Gasteiger partial charge on any atom is 0.238 e. The third kappa shape index (κ3) is 3.37. The van der Waals surface area contributed by atoms with Crippen LogP contribution in [0, 0.1) is 0 Å². The molecule has 1 aliphatic rings. The molecule has 20 heavy (non-hydrogen) atoms. The van der Waals surface area contributed by atoms with Gasteiger partial charge in [0, 0.05) is 6.54 Å². The number of carbonyl (C=O) groups excluding carboxylic acids is 1. The van der Waals surface area contributed by atoms with Crippen molar-refractivity contribution in [3.05, 3.63) is 35.9 Å². The lowest BCUT2D eigenvalue weighted by molar-refractivity contribution is -0.121. The van der Waals surface area contributed by atoms with Gasteiger partial charge in [-0.3, -0.25) is 4.79 Å². The second-order valence-electron chi connectivity index (χ2n) is 5.06. The van der Waals surface area contributed by atoms with Gasteiger partial charge in [-0.15, -0.1) is 0 Å². The zero-order valence-electron chi connectivity index (χ0n) is 11.3. The van der Waals surface area contributed by atoms with Gasteiger partial charge in [0.1, 0.15) is 5.25 Å². The summed E-state index contributed by atoms with van der Waals surface area (Å²) in [6.07, 6.45) is 1.82. The second kappa shape index (κ2) is 6.37. The standard InChI is InChI=1S/C14H20N2O3S/c15-10-12(11-6-2-1-3-7-11)16-14(17)13-8-4-5-9-20(13,18)19/h1-3,6-7,12-13H,4-5,8-10,15H2,(H,16,17). The fraction of sp³-hybridized carbons (Fsp3) is 0.500. The molecule has 5 nitrogen and oxygen atoms in total. The molecule has 2 atom stereocenters. The van der Waals surface area contributed by atoms with Gasteiger partial charge >= 0.3 is 0 Å². The van der Waals surface area contributed by atoms with Crippen molar-refractivity contribution in [1.29, 1.82) is 0 Å². The van der Waals surface area contributed by atoms with Gasteiger partial charge in [0.25, 0.3) is 0 Å². The van der Waals surface area contributed by atoms with Gasteiger partial charge in [0.05, 0.1) is 11.8 Å². The zero-order valence-corrected chi connectivity index (χ0v) is 12.1. The predicted octanol–water partition coefficient (Wildman–Crippen LogP) is 0.770. The van der Waals surface area contributed by atoms with Crippen LogP contribution in [0.25, 0.3) is 0 Å². The number of hydrogen-bond acceptors (Lipinski definition) is 4. The molecule has 0 spiro atoms. The third-order valence-electron chi connectivity index (χ3n) is 3.63. The van der Waals surface area contributed by atoms with E-state index >= 15 is 0 Å². The summed E-state index contributed by atoms with van der Waals surface area (Å²) in [6.45, 7) is 0.239. The fourth-order valence-electron chi connectivity index (χ4n) is 2.48. The number of nitrogens with two attached hydrogens (primary N) is 1. The summed E-state index contributed by atoms with van der Waals surface area (Å²) in [5.74, 6) is -0.326. The Morgan fingerprint density at radius 1 is 1.30 bits per heavy atom. The molecule has 1 amide bonds. The van der Waals surface area contributed by atoms with Crippen molar-refractivity contribution in [3.63, 3.8) is 0 Å². The van der Waals surface area contributed by atoms with Crippen LogP contribution in [-0.2, 0) is 14.6 Å². The first kappa shape index (κ1) is 15.0. The van der Waals surface area contributed by atoms with Crippen molar-refractivity contribution in [2.75, 3.05) is 12.3 Å². The highest BCUT2D eigenvalue weighted by atomic mass is 32.2. The summed E-state index contributed by atoms with van der Waals surface area (Å²) in [6, 6.07) is 8.99. The average molecular weight is 296 g/mol. The molecular formula is C14H20N2O3S. The molecule has 1 fully saturated rings. The minimum absolute atomic E-state index is 0.101. The monoisotopic (exact) mass is 296 g/mol. The number of benzene rings is 1. The van der Waals surface area contributed by atoms with Crippen molar-refractivity contribution in [1.82, 2.24) is 5.32 Å². The van der Waals surface area contributed by atoms with Gasteiger partial charge < -0.3 is 11.1 Å². The Labute approximate surface area is 119 Å². The van der Waals surface area contributed by atoms with Crippen LogP contribution in [0.2, 0.25) is 0 Å². The van der Waals surface area contributed by atoms with E-state index < -0.39 is 21.0 Å². The van der Waals surface area contributed by atoms with Gasteiger partial charge in [-0.25, -0.2) is 8.42 Å². The van der Waals surface area contributed by atoms with E-state index in [-0.39, 0.29) is 18.3 Å². The highest BCUT2D eigenvalue weighted by Gasteiger charge is 2.35. The van der Waals surface area contributed by atoms with Gasteiger partial charge in [-0.2, -0.15) is 0 Å². The summed E-state index contributed by atoms with van der Waals surface area (Å²) >= 11 is 0. The number of rotatable bonds is 4. The minimum Gasteiger partial charge on any atom is -0.347 e. The molecule has 1 aliphatic heterocycles. The van der Waals surface area contributed by atoms with Crippen LogP contribution in [0.3, 0.4) is 0 Å². The highest BCUT2D eigenvalue weighted by Crippen LogP contribution is 2.21. The lowest BCUT2D eigenvalue weighted by Gasteiger charge is -2.24. The number of carbonyl (C=O) groups is 1. The van der Waals surface area contributed by atoms with Crippen molar-refractivity contribution >= 4 is 15.7 Å². The first-order valence-corrected chi connectivity index (χ1v) is 8.53. The normalized spacial score (nSPS) is 22.9. The van der Waals surface area contributed by atoms with Crippen LogP contribution >= 0.6 is 0 Å². The molecule has 6 heteroatoms. The molecule has 0 aromatic heterocycles. The van der Waals surface area contributed by atoms with Crippen LogP contribution < -0.4 is 11.1 Å². The van der Waals surface area contributed by atoms with E-state index in [9.17, 15) is 13.2 Å². The van der Waals surface area contributed by atoms with Crippen molar-refractivity contribution in [3.8, 4) is 0 Å². The topological polar surface area (TPSA) is 89.3 Å². The minimum atomic E-state index is -3.31. The molecule has 0 saturated carbocycles. The smallest absolute Gasteiger partial charge is 0.238 e. The van der Waals surface area contributed by atoms with Gasteiger partial charge in [-0.1, -0.05) is 36.8 Å². The summed E-state index contributed by atoms with van der Waals surface area (Å²) < 4.78 is 23.9. The van der Waals surface area contributed by atoms with E-state index in [0.717, 1.165) is 12.0 Å². The van der Waals surface area contributed by atoms with Crippen LogP contribution in [0.5, 0.6) is 0 Å². The Bertz CT molecular complexity index is 557. The quantitative estimate of drug-likeness (QED) is 0.859. The number of hydrogen-bond donors (Lipinski definition) is 2. The Hall–Kier alpha value is -1.40. The summed E-state index contributed by atoms with van der Waals surface area (Å²) in [5, 5.41) is 1.84. The summed E-state index contributed by atoms with van der Waals surface area (Å²) in [7, 11) is -3.31.